The molecule has 0 aromatic heterocycles. The molecule has 1 fully saturated rings. The minimum Gasteiger partial charge on any atom is -0.465 e. The van der Waals surface area contributed by atoms with Gasteiger partial charge in [-0.1, -0.05) is 0 Å². The van der Waals surface area contributed by atoms with Crippen molar-refractivity contribution < 1.29 is 14.3 Å². The predicted molar refractivity (Wildman–Crippen MR) is 79.5 cm³/mol. The van der Waals surface area contributed by atoms with Crippen LogP contribution in [0, 0.1) is 5.92 Å². The van der Waals surface area contributed by atoms with Gasteiger partial charge in [-0.2, -0.15) is 0 Å². The molecular weight excluding hydrogens is 256 g/mol. The van der Waals surface area contributed by atoms with Crippen molar-refractivity contribution in [3.05, 3.63) is 0 Å². The molecule has 5 heteroatoms. The molecule has 0 bridgehead atoms. The molecule has 1 aliphatic rings. The third kappa shape index (κ3) is 6.20. The maximum absolute atomic E-state index is 11.8. The number of esters is 1. The van der Waals surface area contributed by atoms with Crippen LogP contribution < -0.4 is 5.73 Å². The Hall–Kier alpha value is -0.650. The lowest BCUT2D eigenvalue weighted by molar-refractivity contribution is -0.149. The Labute approximate surface area is 122 Å². The standard InChI is InChI=1S/C15H30N2O3/c1-5-20-14(18)15(3,16)10-12(2)17(4)8-9-19-11-13-6-7-13/h12-13H,5-11,16H2,1-4H3. The molecule has 2 unspecified atom stereocenters. The Bertz CT molecular complexity index is 303. The monoisotopic (exact) mass is 286 g/mol. The van der Waals surface area contributed by atoms with Crippen LogP contribution in [0.25, 0.3) is 0 Å². The minimum atomic E-state index is -0.932. The van der Waals surface area contributed by atoms with Crippen LogP contribution >= 0.6 is 0 Å². The zero-order valence-corrected chi connectivity index (χ0v) is 13.4. The van der Waals surface area contributed by atoms with E-state index in [4.69, 9.17) is 15.2 Å². The SMILES string of the molecule is CCOC(=O)C(C)(N)CC(C)N(C)CCOCC1CC1. The summed E-state index contributed by atoms with van der Waals surface area (Å²) in [7, 11) is 2.03. The van der Waals surface area contributed by atoms with Crippen molar-refractivity contribution in [2.24, 2.45) is 11.7 Å². The zero-order valence-electron chi connectivity index (χ0n) is 13.4. The first kappa shape index (κ1) is 17.4. The highest BCUT2D eigenvalue weighted by Gasteiger charge is 2.32. The smallest absolute Gasteiger partial charge is 0.325 e. The van der Waals surface area contributed by atoms with E-state index in [0.29, 0.717) is 13.0 Å². The summed E-state index contributed by atoms with van der Waals surface area (Å²) in [5.41, 5.74) is 5.12. The van der Waals surface area contributed by atoms with Crippen LogP contribution in [0.5, 0.6) is 0 Å². The first-order valence-electron chi connectivity index (χ1n) is 7.61. The Kier molecular flexibility index (Phi) is 6.92. The lowest BCUT2D eigenvalue weighted by Crippen LogP contribution is -2.50. The number of rotatable bonds is 10. The van der Waals surface area contributed by atoms with Gasteiger partial charge in [0.15, 0.2) is 0 Å². The van der Waals surface area contributed by atoms with E-state index in [9.17, 15) is 4.79 Å². The molecule has 1 saturated carbocycles. The second-order valence-electron chi connectivity index (χ2n) is 6.19. The van der Waals surface area contributed by atoms with Gasteiger partial charge >= 0.3 is 5.97 Å². The van der Waals surface area contributed by atoms with Crippen LogP contribution in [0.3, 0.4) is 0 Å². The third-order valence-corrected chi connectivity index (χ3v) is 3.85. The quantitative estimate of drug-likeness (QED) is 0.486. The summed E-state index contributed by atoms with van der Waals surface area (Å²) < 4.78 is 10.6. The minimum absolute atomic E-state index is 0.207. The van der Waals surface area contributed by atoms with Gasteiger partial charge in [0.1, 0.15) is 5.54 Å². The lowest BCUT2D eigenvalue weighted by atomic mass is 9.94. The molecule has 2 N–H and O–H groups in total. The first-order chi connectivity index (χ1) is 9.36. The van der Waals surface area contributed by atoms with E-state index in [-0.39, 0.29) is 12.0 Å². The second kappa shape index (κ2) is 7.96. The van der Waals surface area contributed by atoms with Crippen molar-refractivity contribution >= 4 is 5.97 Å². The van der Waals surface area contributed by atoms with Crippen molar-refractivity contribution in [2.45, 2.75) is 51.6 Å². The topological polar surface area (TPSA) is 64.8 Å². The van der Waals surface area contributed by atoms with Gasteiger partial charge in [0.25, 0.3) is 0 Å². The van der Waals surface area contributed by atoms with E-state index in [1.165, 1.54) is 12.8 Å². The summed E-state index contributed by atoms with van der Waals surface area (Å²) in [6.45, 7) is 8.44. The molecule has 0 radical (unpaired) electrons. The number of nitrogens with zero attached hydrogens (tertiary/aromatic N) is 1. The summed E-state index contributed by atoms with van der Waals surface area (Å²) in [5, 5.41) is 0. The number of hydrogen-bond donors (Lipinski definition) is 1. The first-order valence-corrected chi connectivity index (χ1v) is 7.61. The highest BCUT2D eigenvalue weighted by molar-refractivity contribution is 5.80. The molecule has 0 aliphatic heterocycles. The number of ether oxygens (including phenoxy) is 2. The van der Waals surface area contributed by atoms with Crippen LogP contribution in [0.15, 0.2) is 0 Å². The predicted octanol–water partition coefficient (Wildman–Crippen LogP) is 1.40. The Morgan fingerprint density at radius 3 is 2.70 bits per heavy atom. The normalized spacial score (nSPS) is 19.7. The summed E-state index contributed by atoms with van der Waals surface area (Å²) in [6.07, 6.45) is 3.21. The van der Waals surface area contributed by atoms with Gasteiger partial charge in [0.2, 0.25) is 0 Å². The molecule has 0 spiro atoms. The van der Waals surface area contributed by atoms with Crippen LogP contribution in [0.2, 0.25) is 0 Å². The van der Waals surface area contributed by atoms with Crippen LogP contribution in [0.4, 0.5) is 0 Å². The fourth-order valence-electron chi connectivity index (χ4n) is 2.11. The van der Waals surface area contributed by atoms with Gasteiger partial charge in [-0.25, -0.2) is 0 Å². The number of nitrogens with two attached hydrogens (primary N) is 1. The molecule has 118 valence electrons. The summed E-state index contributed by atoms with van der Waals surface area (Å²) in [6, 6.07) is 0.207. The molecule has 5 nitrogen and oxygen atoms in total. The lowest BCUT2D eigenvalue weighted by Gasteiger charge is -2.31. The largest absolute Gasteiger partial charge is 0.465 e. The fraction of sp³-hybridized carbons (Fsp3) is 0.933. The summed E-state index contributed by atoms with van der Waals surface area (Å²) in [5.74, 6) is 0.471. The summed E-state index contributed by atoms with van der Waals surface area (Å²) >= 11 is 0. The van der Waals surface area contributed by atoms with Crippen molar-refractivity contribution in [3.8, 4) is 0 Å². The Balaban J connectivity index is 2.24. The van der Waals surface area contributed by atoms with E-state index < -0.39 is 5.54 Å². The molecule has 0 heterocycles. The molecule has 20 heavy (non-hydrogen) atoms. The Morgan fingerprint density at radius 1 is 1.50 bits per heavy atom. The highest BCUT2D eigenvalue weighted by atomic mass is 16.5. The maximum atomic E-state index is 11.8. The van der Waals surface area contributed by atoms with Crippen molar-refractivity contribution in [2.75, 3.05) is 33.4 Å². The van der Waals surface area contributed by atoms with E-state index >= 15 is 0 Å². The second-order valence-corrected chi connectivity index (χ2v) is 6.19. The average Bonchev–Trinajstić information content (AvgIpc) is 3.18. The molecule has 0 saturated heterocycles. The van der Waals surface area contributed by atoms with Gasteiger partial charge in [-0.05, 0) is 53.0 Å². The van der Waals surface area contributed by atoms with Crippen LogP contribution in [-0.4, -0.2) is 55.9 Å². The number of carbonyl (C=O) groups excluding carboxylic acids is 1. The average molecular weight is 286 g/mol. The van der Waals surface area contributed by atoms with Crippen LogP contribution in [-0.2, 0) is 14.3 Å². The molecule has 2 atom stereocenters. The van der Waals surface area contributed by atoms with Gasteiger partial charge in [0, 0.05) is 19.2 Å². The van der Waals surface area contributed by atoms with Gasteiger partial charge in [-0.15, -0.1) is 0 Å². The maximum Gasteiger partial charge on any atom is 0.325 e. The molecule has 0 aromatic carbocycles. The van der Waals surface area contributed by atoms with Gasteiger partial charge in [0.05, 0.1) is 13.2 Å². The molecule has 0 amide bonds. The fourth-order valence-corrected chi connectivity index (χ4v) is 2.11. The van der Waals surface area contributed by atoms with E-state index in [1.54, 1.807) is 13.8 Å². The van der Waals surface area contributed by atoms with E-state index in [1.807, 2.05) is 7.05 Å². The zero-order chi connectivity index (χ0) is 15.2. The number of hydrogen-bond acceptors (Lipinski definition) is 5. The van der Waals surface area contributed by atoms with Crippen molar-refractivity contribution in [1.29, 1.82) is 0 Å². The van der Waals surface area contributed by atoms with Gasteiger partial charge < -0.3 is 20.1 Å². The molecule has 1 rings (SSSR count). The van der Waals surface area contributed by atoms with E-state index in [2.05, 4.69) is 11.8 Å². The summed E-state index contributed by atoms with van der Waals surface area (Å²) in [4.78, 5) is 14.0. The number of likely N-dealkylation sites (N-methyl/N-ethyl adjacent to an activating group) is 1. The molecule has 1 aliphatic carbocycles. The molecule has 0 aromatic rings. The molecular formula is C15H30N2O3. The highest BCUT2D eigenvalue weighted by Crippen LogP contribution is 2.28. The van der Waals surface area contributed by atoms with E-state index in [0.717, 1.165) is 25.7 Å². The Morgan fingerprint density at radius 2 is 2.15 bits per heavy atom. The van der Waals surface area contributed by atoms with Gasteiger partial charge in [-0.3, -0.25) is 4.79 Å². The number of carbonyl (C=O) groups is 1. The third-order valence-electron chi connectivity index (χ3n) is 3.85. The van der Waals surface area contributed by atoms with Crippen LogP contribution in [0.1, 0.15) is 40.0 Å². The van der Waals surface area contributed by atoms with Crippen molar-refractivity contribution in [1.82, 2.24) is 4.90 Å². The van der Waals surface area contributed by atoms with Crippen molar-refractivity contribution in [3.63, 3.8) is 0 Å².